The first kappa shape index (κ1) is 21.0. The first-order valence-electron chi connectivity index (χ1n) is 8.34. The SMILES string of the molecule is O=S(=O)(Nc1cc(F)cc(F)c1)c1ccc(NC(CO)c2ccc(Cl)cc2)nc1. The lowest BCUT2D eigenvalue weighted by molar-refractivity contribution is 0.276. The number of anilines is 2. The molecule has 1 unspecified atom stereocenters. The highest BCUT2D eigenvalue weighted by molar-refractivity contribution is 7.92. The van der Waals surface area contributed by atoms with E-state index in [-0.39, 0.29) is 17.2 Å². The van der Waals surface area contributed by atoms with Crippen molar-refractivity contribution in [3.63, 3.8) is 0 Å². The number of pyridine rings is 1. The molecule has 3 aromatic rings. The fraction of sp³-hybridized carbons (Fsp3) is 0.105. The first-order chi connectivity index (χ1) is 13.8. The van der Waals surface area contributed by atoms with Crippen LogP contribution in [0.25, 0.3) is 0 Å². The van der Waals surface area contributed by atoms with Crippen LogP contribution in [0.3, 0.4) is 0 Å². The van der Waals surface area contributed by atoms with Gasteiger partial charge in [-0.15, -0.1) is 0 Å². The number of hydrogen-bond acceptors (Lipinski definition) is 5. The zero-order valence-electron chi connectivity index (χ0n) is 14.8. The van der Waals surface area contributed by atoms with Crippen molar-refractivity contribution < 1.29 is 22.3 Å². The summed E-state index contributed by atoms with van der Waals surface area (Å²) in [7, 11) is -4.09. The van der Waals surface area contributed by atoms with Gasteiger partial charge in [0.05, 0.1) is 18.3 Å². The number of hydrogen-bond donors (Lipinski definition) is 3. The Kier molecular flexibility index (Phi) is 6.31. The highest BCUT2D eigenvalue weighted by atomic mass is 35.5. The monoisotopic (exact) mass is 439 g/mol. The number of sulfonamides is 1. The Hall–Kier alpha value is -2.75. The second-order valence-corrected chi connectivity index (χ2v) is 8.19. The van der Waals surface area contributed by atoms with Crippen molar-refractivity contribution in [1.82, 2.24) is 4.98 Å². The van der Waals surface area contributed by atoms with Gasteiger partial charge in [0.1, 0.15) is 22.3 Å². The molecule has 1 aromatic heterocycles. The van der Waals surface area contributed by atoms with E-state index in [2.05, 4.69) is 15.0 Å². The van der Waals surface area contributed by atoms with Gasteiger partial charge in [0, 0.05) is 17.3 Å². The Morgan fingerprint density at radius 2 is 1.69 bits per heavy atom. The largest absolute Gasteiger partial charge is 0.394 e. The summed E-state index contributed by atoms with van der Waals surface area (Å²) in [5.41, 5.74) is 0.526. The maximum atomic E-state index is 13.3. The molecule has 0 aliphatic carbocycles. The minimum Gasteiger partial charge on any atom is -0.394 e. The standard InChI is InChI=1S/C19H16ClF2N3O3S/c20-13-3-1-12(2-4-13)18(11-26)24-19-6-5-17(10-23-19)29(27,28)25-16-8-14(21)7-15(22)9-16/h1-10,18,25-26H,11H2,(H,23,24). The second kappa shape index (κ2) is 8.73. The minimum absolute atomic E-state index is 0.195. The number of aliphatic hydroxyl groups excluding tert-OH is 1. The van der Waals surface area contributed by atoms with E-state index in [0.29, 0.717) is 16.9 Å². The molecule has 3 rings (SSSR count). The predicted octanol–water partition coefficient (Wildman–Crippen LogP) is 3.96. The Labute approximate surface area is 171 Å². The van der Waals surface area contributed by atoms with Crippen LogP contribution < -0.4 is 10.0 Å². The normalized spacial score (nSPS) is 12.4. The summed E-state index contributed by atoms with van der Waals surface area (Å²) in [6, 6.07) is 11.4. The number of aliphatic hydroxyl groups is 1. The lowest BCUT2D eigenvalue weighted by atomic mass is 10.1. The van der Waals surface area contributed by atoms with Crippen LogP contribution in [0.15, 0.2) is 65.7 Å². The van der Waals surface area contributed by atoms with Crippen LogP contribution in [0.5, 0.6) is 0 Å². The van der Waals surface area contributed by atoms with Crippen LogP contribution in [-0.2, 0) is 10.0 Å². The number of nitrogens with zero attached hydrogens (tertiary/aromatic N) is 1. The molecule has 29 heavy (non-hydrogen) atoms. The third-order valence-electron chi connectivity index (χ3n) is 3.94. The van der Waals surface area contributed by atoms with E-state index in [1.165, 1.54) is 12.1 Å². The predicted molar refractivity (Wildman–Crippen MR) is 106 cm³/mol. The Bertz CT molecular complexity index is 1070. The maximum Gasteiger partial charge on any atom is 0.263 e. The second-order valence-electron chi connectivity index (χ2n) is 6.07. The van der Waals surface area contributed by atoms with Crippen LogP contribution in [0.1, 0.15) is 11.6 Å². The summed E-state index contributed by atoms with van der Waals surface area (Å²) < 4.78 is 53.4. The molecule has 2 aromatic carbocycles. The van der Waals surface area contributed by atoms with E-state index in [4.69, 9.17) is 11.6 Å². The van der Waals surface area contributed by atoms with Crippen LogP contribution in [0, 0.1) is 11.6 Å². The Morgan fingerprint density at radius 3 is 2.24 bits per heavy atom. The van der Waals surface area contributed by atoms with E-state index in [9.17, 15) is 22.3 Å². The highest BCUT2D eigenvalue weighted by Gasteiger charge is 2.17. The summed E-state index contributed by atoms with van der Waals surface area (Å²) in [6.07, 6.45) is 1.09. The van der Waals surface area contributed by atoms with E-state index < -0.39 is 27.7 Å². The summed E-state index contributed by atoms with van der Waals surface area (Å²) in [5.74, 6) is -1.48. The van der Waals surface area contributed by atoms with E-state index >= 15 is 0 Å². The molecule has 0 spiro atoms. The van der Waals surface area contributed by atoms with Crippen LogP contribution >= 0.6 is 11.6 Å². The van der Waals surface area contributed by atoms with Gasteiger partial charge >= 0.3 is 0 Å². The molecule has 0 saturated heterocycles. The van der Waals surface area contributed by atoms with Gasteiger partial charge < -0.3 is 10.4 Å². The molecule has 0 radical (unpaired) electrons. The Balaban J connectivity index is 1.75. The molecule has 0 aliphatic rings. The average molecular weight is 440 g/mol. The van der Waals surface area contributed by atoms with Crippen molar-refractivity contribution in [2.24, 2.45) is 0 Å². The molecule has 1 heterocycles. The van der Waals surface area contributed by atoms with Crippen molar-refractivity contribution in [1.29, 1.82) is 0 Å². The minimum atomic E-state index is -4.09. The first-order valence-corrected chi connectivity index (χ1v) is 10.2. The molecule has 1 atom stereocenters. The molecule has 0 bridgehead atoms. The van der Waals surface area contributed by atoms with Gasteiger partial charge in [-0.1, -0.05) is 23.7 Å². The van der Waals surface area contributed by atoms with Gasteiger partial charge in [-0.2, -0.15) is 0 Å². The number of nitrogens with one attached hydrogen (secondary N) is 2. The maximum absolute atomic E-state index is 13.3. The third-order valence-corrected chi connectivity index (χ3v) is 5.56. The molecule has 152 valence electrons. The number of halogens is 3. The highest BCUT2D eigenvalue weighted by Crippen LogP contribution is 2.22. The summed E-state index contributed by atoms with van der Waals surface area (Å²) in [4.78, 5) is 3.84. The molecule has 0 amide bonds. The molecule has 0 fully saturated rings. The van der Waals surface area contributed by atoms with Crippen molar-refractivity contribution >= 4 is 33.1 Å². The fourth-order valence-electron chi connectivity index (χ4n) is 2.56. The molecule has 3 N–H and O–H groups in total. The molecule has 6 nitrogen and oxygen atoms in total. The lowest BCUT2D eigenvalue weighted by Gasteiger charge is -2.17. The summed E-state index contributed by atoms with van der Waals surface area (Å²) in [5, 5.41) is 13.2. The van der Waals surface area contributed by atoms with Gasteiger partial charge in [0.15, 0.2) is 0 Å². The number of aromatic nitrogens is 1. The van der Waals surface area contributed by atoms with Gasteiger partial charge in [-0.3, -0.25) is 4.72 Å². The van der Waals surface area contributed by atoms with Gasteiger partial charge in [-0.05, 0) is 42.0 Å². The Morgan fingerprint density at radius 1 is 1.03 bits per heavy atom. The fourth-order valence-corrected chi connectivity index (χ4v) is 3.67. The molecule has 10 heteroatoms. The lowest BCUT2D eigenvalue weighted by Crippen LogP contribution is -2.16. The molecular formula is C19H16ClF2N3O3S. The zero-order valence-corrected chi connectivity index (χ0v) is 16.4. The van der Waals surface area contributed by atoms with Crippen molar-refractivity contribution in [2.45, 2.75) is 10.9 Å². The van der Waals surface area contributed by atoms with Gasteiger partial charge in [0.25, 0.3) is 10.0 Å². The molecular weight excluding hydrogens is 424 g/mol. The zero-order chi connectivity index (χ0) is 21.0. The summed E-state index contributed by atoms with van der Waals surface area (Å²) >= 11 is 5.86. The molecule has 0 aliphatic heterocycles. The molecule has 0 saturated carbocycles. The van der Waals surface area contributed by atoms with Crippen molar-refractivity contribution in [2.75, 3.05) is 16.6 Å². The van der Waals surface area contributed by atoms with Crippen LogP contribution in [0.4, 0.5) is 20.3 Å². The van der Waals surface area contributed by atoms with E-state index in [1.54, 1.807) is 24.3 Å². The number of rotatable bonds is 7. The summed E-state index contributed by atoms with van der Waals surface area (Å²) in [6.45, 7) is -0.226. The van der Waals surface area contributed by atoms with Crippen LogP contribution in [-0.4, -0.2) is 25.1 Å². The van der Waals surface area contributed by atoms with E-state index in [1.807, 2.05) is 0 Å². The van der Waals surface area contributed by atoms with Crippen LogP contribution in [0.2, 0.25) is 5.02 Å². The average Bonchev–Trinajstić information content (AvgIpc) is 2.66. The van der Waals surface area contributed by atoms with Gasteiger partial charge in [0.2, 0.25) is 0 Å². The quantitative estimate of drug-likeness (QED) is 0.518. The number of benzene rings is 2. The van der Waals surface area contributed by atoms with Crippen molar-refractivity contribution in [3.05, 3.63) is 83.0 Å². The van der Waals surface area contributed by atoms with Crippen molar-refractivity contribution in [3.8, 4) is 0 Å². The third kappa shape index (κ3) is 5.41. The van der Waals surface area contributed by atoms with E-state index in [0.717, 1.165) is 23.9 Å². The smallest absolute Gasteiger partial charge is 0.263 e. The van der Waals surface area contributed by atoms with Gasteiger partial charge in [-0.25, -0.2) is 22.2 Å². The topological polar surface area (TPSA) is 91.3 Å².